The molecule has 0 N–H and O–H groups in total. The third-order valence-corrected chi connectivity index (χ3v) is 6.30. The lowest BCUT2D eigenvalue weighted by molar-refractivity contribution is -0.124. The van der Waals surface area contributed by atoms with Gasteiger partial charge in [-0.05, 0) is 49.1 Å². The molecule has 1 aromatic carbocycles. The van der Waals surface area contributed by atoms with Gasteiger partial charge in [0.15, 0.2) is 0 Å². The molecule has 1 fully saturated rings. The highest BCUT2D eigenvalue weighted by molar-refractivity contribution is 8.01. The maximum atomic E-state index is 12.7. The predicted octanol–water partition coefficient (Wildman–Crippen LogP) is 4.34. The van der Waals surface area contributed by atoms with Gasteiger partial charge in [0.1, 0.15) is 5.78 Å². The van der Waals surface area contributed by atoms with E-state index < -0.39 is 0 Å². The van der Waals surface area contributed by atoms with E-state index >= 15 is 0 Å². The number of ketones is 1. The lowest BCUT2D eigenvalue weighted by atomic mass is 9.73. The molecule has 1 aliphatic carbocycles. The molecule has 0 bridgehead atoms. The topological polar surface area (TPSA) is 17.1 Å². The van der Waals surface area contributed by atoms with E-state index in [9.17, 15) is 4.79 Å². The van der Waals surface area contributed by atoms with Gasteiger partial charge in [0.2, 0.25) is 0 Å². The number of hydrogen-bond donors (Lipinski definition) is 0. The first-order chi connectivity index (χ1) is 9.15. The Bertz CT molecular complexity index is 457. The molecule has 1 aromatic rings. The van der Waals surface area contributed by atoms with Crippen LogP contribution in [0.5, 0.6) is 0 Å². The highest BCUT2D eigenvalue weighted by Crippen LogP contribution is 2.41. The molecule has 2 aliphatic rings. The van der Waals surface area contributed by atoms with Crippen LogP contribution in [-0.4, -0.2) is 11.0 Å². The highest BCUT2D eigenvalue weighted by Gasteiger charge is 2.35. The largest absolute Gasteiger partial charge is 0.298 e. The van der Waals surface area contributed by atoms with Gasteiger partial charge in [-0.2, -0.15) is 0 Å². The summed E-state index contributed by atoms with van der Waals surface area (Å²) in [6.45, 7) is 4.63. The zero-order chi connectivity index (χ0) is 13.4. The molecule has 1 heterocycles. The van der Waals surface area contributed by atoms with Gasteiger partial charge in [0, 0.05) is 10.8 Å². The lowest BCUT2D eigenvalue weighted by Crippen LogP contribution is -2.31. The molecular formula is C17H22OS. The molecule has 2 heteroatoms. The van der Waals surface area contributed by atoms with Gasteiger partial charge >= 0.3 is 0 Å². The highest BCUT2D eigenvalue weighted by atomic mass is 32.2. The number of thioether (sulfide) groups is 1. The molecule has 4 atom stereocenters. The molecule has 0 radical (unpaired) electrons. The summed E-state index contributed by atoms with van der Waals surface area (Å²) in [6.07, 6.45) is 4.38. The summed E-state index contributed by atoms with van der Waals surface area (Å²) in [4.78, 5) is 14.0. The molecule has 102 valence electrons. The second-order valence-electron chi connectivity index (χ2n) is 6.29. The summed E-state index contributed by atoms with van der Waals surface area (Å²) in [7, 11) is 0. The molecule has 0 aromatic heterocycles. The van der Waals surface area contributed by atoms with Crippen LogP contribution in [-0.2, 0) is 11.2 Å². The molecular weight excluding hydrogens is 252 g/mol. The molecule has 1 saturated carbocycles. The molecule has 3 rings (SSSR count). The zero-order valence-corrected chi connectivity index (χ0v) is 12.6. The molecule has 0 spiro atoms. The first-order valence-electron chi connectivity index (χ1n) is 7.43. The smallest absolute Gasteiger partial charge is 0.149 e. The van der Waals surface area contributed by atoms with Gasteiger partial charge in [-0.3, -0.25) is 4.79 Å². The second kappa shape index (κ2) is 5.32. The number of benzene rings is 1. The van der Waals surface area contributed by atoms with Crippen molar-refractivity contribution >= 4 is 17.5 Å². The maximum absolute atomic E-state index is 12.7. The Morgan fingerprint density at radius 3 is 2.68 bits per heavy atom. The summed E-state index contributed by atoms with van der Waals surface area (Å²) in [5.74, 6) is 2.33. The number of hydrogen-bond acceptors (Lipinski definition) is 2. The SMILES string of the molecule is CC1CCC(C(=O)C2Cc3ccccc3S2)CC1C. The van der Waals surface area contributed by atoms with Crippen molar-refractivity contribution < 1.29 is 4.79 Å². The fraction of sp³-hybridized carbons (Fsp3) is 0.588. The Balaban J connectivity index is 1.67. The normalized spacial score (nSPS) is 34.0. The van der Waals surface area contributed by atoms with Crippen molar-refractivity contribution in [2.45, 2.75) is 49.7 Å². The third kappa shape index (κ3) is 2.60. The molecule has 1 nitrogen and oxygen atoms in total. The van der Waals surface area contributed by atoms with Gasteiger partial charge in [0.05, 0.1) is 5.25 Å². The first kappa shape index (κ1) is 13.2. The van der Waals surface area contributed by atoms with Crippen LogP contribution < -0.4 is 0 Å². The van der Waals surface area contributed by atoms with Crippen LogP contribution in [0.25, 0.3) is 0 Å². The van der Waals surface area contributed by atoms with E-state index in [-0.39, 0.29) is 5.25 Å². The van der Waals surface area contributed by atoms with E-state index in [1.807, 2.05) is 0 Å². The average molecular weight is 274 g/mol. The minimum atomic E-state index is 0.183. The number of Topliss-reactive ketones (excluding diaryl/α,β-unsaturated/α-hetero) is 1. The van der Waals surface area contributed by atoms with Crippen molar-refractivity contribution in [3.05, 3.63) is 29.8 Å². The van der Waals surface area contributed by atoms with Crippen molar-refractivity contribution in [3.63, 3.8) is 0 Å². The summed E-state index contributed by atoms with van der Waals surface area (Å²) < 4.78 is 0. The second-order valence-corrected chi connectivity index (χ2v) is 7.53. The van der Waals surface area contributed by atoms with E-state index in [0.717, 1.165) is 25.2 Å². The number of fused-ring (bicyclic) bond motifs is 1. The van der Waals surface area contributed by atoms with Crippen LogP contribution in [0.15, 0.2) is 29.2 Å². The van der Waals surface area contributed by atoms with Crippen LogP contribution in [0.3, 0.4) is 0 Å². The van der Waals surface area contributed by atoms with Crippen LogP contribution >= 0.6 is 11.8 Å². The van der Waals surface area contributed by atoms with Crippen LogP contribution in [0, 0.1) is 17.8 Å². The van der Waals surface area contributed by atoms with E-state index in [1.54, 1.807) is 11.8 Å². The van der Waals surface area contributed by atoms with Crippen molar-refractivity contribution in [2.75, 3.05) is 0 Å². The molecule has 19 heavy (non-hydrogen) atoms. The van der Waals surface area contributed by atoms with Crippen molar-refractivity contribution in [1.29, 1.82) is 0 Å². The van der Waals surface area contributed by atoms with Crippen molar-refractivity contribution in [3.8, 4) is 0 Å². The number of carbonyl (C=O) groups excluding carboxylic acids is 1. The number of carbonyl (C=O) groups is 1. The van der Waals surface area contributed by atoms with Crippen LogP contribution in [0.2, 0.25) is 0 Å². The average Bonchev–Trinajstić information content (AvgIpc) is 2.85. The van der Waals surface area contributed by atoms with E-state index in [2.05, 4.69) is 38.1 Å². The summed E-state index contributed by atoms with van der Waals surface area (Å²) >= 11 is 1.79. The van der Waals surface area contributed by atoms with E-state index in [0.29, 0.717) is 17.6 Å². The Morgan fingerprint density at radius 1 is 1.16 bits per heavy atom. The summed E-state index contributed by atoms with van der Waals surface area (Å²) in [6, 6.07) is 8.47. The van der Waals surface area contributed by atoms with Gasteiger partial charge in [-0.15, -0.1) is 11.8 Å². The predicted molar refractivity (Wildman–Crippen MR) is 80.5 cm³/mol. The van der Waals surface area contributed by atoms with E-state index in [4.69, 9.17) is 0 Å². The van der Waals surface area contributed by atoms with Crippen LogP contribution in [0.1, 0.15) is 38.7 Å². The standard InChI is InChI=1S/C17H22OS/c1-11-7-8-14(9-12(11)2)17(18)16-10-13-5-3-4-6-15(13)19-16/h3-6,11-12,14,16H,7-10H2,1-2H3. The van der Waals surface area contributed by atoms with Crippen LogP contribution in [0.4, 0.5) is 0 Å². The minimum Gasteiger partial charge on any atom is -0.298 e. The quantitative estimate of drug-likeness (QED) is 0.797. The van der Waals surface area contributed by atoms with Gasteiger partial charge in [-0.25, -0.2) is 0 Å². The molecule has 4 unspecified atom stereocenters. The minimum absolute atomic E-state index is 0.183. The Morgan fingerprint density at radius 2 is 1.95 bits per heavy atom. The zero-order valence-electron chi connectivity index (χ0n) is 11.8. The van der Waals surface area contributed by atoms with Crippen molar-refractivity contribution in [1.82, 2.24) is 0 Å². The van der Waals surface area contributed by atoms with Crippen molar-refractivity contribution in [2.24, 2.45) is 17.8 Å². The maximum Gasteiger partial charge on any atom is 0.149 e. The summed E-state index contributed by atoms with van der Waals surface area (Å²) in [5.41, 5.74) is 1.36. The van der Waals surface area contributed by atoms with Gasteiger partial charge in [-0.1, -0.05) is 32.0 Å². The molecule has 0 saturated heterocycles. The fourth-order valence-corrected chi connectivity index (χ4v) is 4.75. The third-order valence-electron chi connectivity index (χ3n) is 4.97. The van der Waals surface area contributed by atoms with Gasteiger partial charge in [0.25, 0.3) is 0 Å². The monoisotopic (exact) mass is 274 g/mol. The summed E-state index contributed by atoms with van der Waals surface area (Å²) in [5, 5.41) is 0.183. The Hall–Kier alpha value is -0.760. The molecule has 0 amide bonds. The van der Waals surface area contributed by atoms with E-state index in [1.165, 1.54) is 16.9 Å². The Labute approximate surface area is 120 Å². The van der Waals surface area contributed by atoms with Gasteiger partial charge < -0.3 is 0 Å². The lowest BCUT2D eigenvalue weighted by Gasteiger charge is -2.32. The first-order valence-corrected chi connectivity index (χ1v) is 8.31. The Kier molecular flexibility index (Phi) is 3.70. The molecule has 1 aliphatic heterocycles. The fourth-order valence-electron chi connectivity index (χ4n) is 3.41. The number of rotatable bonds is 2.